The van der Waals surface area contributed by atoms with Crippen LogP contribution in [-0.4, -0.2) is 37.1 Å². The lowest BCUT2D eigenvalue weighted by molar-refractivity contribution is 0.467. The van der Waals surface area contributed by atoms with Crippen LogP contribution in [0.3, 0.4) is 0 Å². The van der Waals surface area contributed by atoms with Gasteiger partial charge in [-0.05, 0) is 31.0 Å². The third-order valence-corrected chi connectivity index (χ3v) is 5.85. The van der Waals surface area contributed by atoms with Gasteiger partial charge in [0.25, 0.3) is 0 Å². The summed E-state index contributed by atoms with van der Waals surface area (Å²) in [6.07, 6.45) is 2.13. The summed E-state index contributed by atoms with van der Waals surface area (Å²) in [7, 11) is 1.78. The van der Waals surface area contributed by atoms with Gasteiger partial charge < -0.3 is 15.5 Å². The molecule has 0 radical (unpaired) electrons. The predicted octanol–water partition coefficient (Wildman–Crippen LogP) is 3.74. The second-order valence-electron chi connectivity index (χ2n) is 7.17. The molecule has 1 aliphatic heterocycles. The molecule has 2 N–H and O–H groups in total. The predicted molar refractivity (Wildman–Crippen MR) is 111 cm³/mol. The Morgan fingerprint density at radius 1 is 1.44 bits per heavy atom. The van der Waals surface area contributed by atoms with Crippen LogP contribution in [0.5, 0.6) is 0 Å². The molecule has 1 saturated heterocycles. The minimum absolute atomic E-state index is 0.191. The van der Waals surface area contributed by atoms with Gasteiger partial charge in [0.1, 0.15) is 5.82 Å². The van der Waals surface area contributed by atoms with Crippen LogP contribution < -0.4 is 15.5 Å². The number of aromatic nitrogens is 1. The van der Waals surface area contributed by atoms with Gasteiger partial charge in [-0.3, -0.25) is 4.99 Å². The van der Waals surface area contributed by atoms with E-state index in [1.54, 1.807) is 30.5 Å². The highest BCUT2D eigenvalue weighted by Crippen LogP contribution is 2.21. The van der Waals surface area contributed by atoms with Gasteiger partial charge in [-0.2, -0.15) is 0 Å². The fraction of sp³-hybridized carbons (Fsp3) is 0.500. The Balaban J connectivity index is 1.54. The lowest BCUT2D eigenvalue weighted by Gasteiger charge is -2.35. The fourth-order valence-electron chi connectivity index (χ4n) is 3.23. The molecule has 1 aliphatic rings. The number of thiazole rings is 1. The Hall–Kier alpha value is -2.15. The standard InChI is InChI=1S/C20H28FN5S/c1-14(2)19-24-17(13-27-19)11-23-20(22-3)25-16-7-5-9-26(12-16)18-8-4-6-15(21)10-18/h4,6,8,10,13-14,16H,5,7,9,11-12H2,1-3H3,(H2,22,23,25). The second-order valence-corrected chi connectivity index (χ2v) is 8.06. The highest BCUT2D eigenvalue weighted by atomic mass is 32.1. The van der Waals surface area contributed by atoms with E-state index >= 15 is 0 Å². The molecule has 5 nitrogen and oxygen atoms in total. The summed E-state index contributed by atoms with van der Waals surface area (Å²) < 4.78 is 13.5. The van der Waals surface area contributed by atoms with E-state index in [1.165, 1.54) is 6.07 Å². The van der Waals surface area contributed by atoms with Crippen molar-refractivity contribution in [2.24, 2.45) is 4.99 Å². The summed E-state index contributed by atoms with van der Waals surface area (Å²) in [5, 5.41) is 10.1. The summed E-state index contributed by atoms with van der Waals surface area (Å²) in [5.74, 6) is 1.04. The zero-order valence-corrected chi connectivity index (χ0v) is 17.0. The fourth-order valence-corrected chi connectivity index (χ4v) is 4.07. The van der Waals surface area contributed by atoms with Crippen LogP contribution >= 0.6 is 11.3 Å². The Morgan fingerprint density at radius 2 is 2.30 bits per heavy atom. The molecule has 0 spiro atoms. The van der Waals surface area contributed by atoms with Crippen LogP contribution in [-0.2, 0) is 6.54 Å². The van der Waals surface area contributed by atoms with Crippen molar-refractivity contribution in [3.05, 3.63) is 46.2 Å². The molecule has 1 fully saturated rings. The summed E-state index contributed by atoms with van der Waals surface area (Å²) in [6, 6.07) is 7.09. The largest absolute Gasteiger partial charge is 0.369 e. The van der Waals surface area contributed by atoms with E-state index in [2.05, 4.69) is 44.7 Å². The van der Waals surface area contributed by atoms with Gasteiger partial charge >= 0.3 is 0 Å². The number of aliphatic imine (C=N–C) groups is 1. The highest BCUT2D eigenvalue weighted by molar-refractivity contribution is 7.09. The smallest absolute Gasteiger partial charge is 0.191 e. The van der Waals surface area contributed by atoms with Crippen molar-refractivity contribution in [1.82, 2.24) is 15.6 Å². The molecular formula is C20H28FN5S. The van der Waals surface area contributed by atoms with Crippen LogP contribution in [0, 0.1) is 5.82 Å². The number of hydrogen-bond acceptors (Lipinski definition) is 4. The quantitative estimate of drug-likeness (QED) is 0.604. The monoisotopic (exact) mass is 389 g/mol. The van der Waals surface area contributed by atoms with Gasteiger partial charge in [0.05, 0.1) is 17.2 Å². The number of hydrogen-bond donors (Lipinski definition) is 2. The molecule has 2 aromatic rings. The van der Waals surface area contributed by atoms with E-state index in [-0.39, 0.29) is 11.9 Å². The second kappa shape index (κ2) is 9.17. The van der Waals surface area contributed by atoms with Crippen LogP contribution in [0.25, 0.3) is 0 Å². The molecule has 3 rings (SSSR count). The number of halogens is 1. The first kappa shape index (κ1) is 19.6. The minimum atomic E-state index is -0.191. The number of piperidine rings is 1. The van der Waals surface area contributed by atoms with E-state index in [1.807, 2.05) is 6.07 Å². The zero-order chi connectivity index (χ0) is 19.2. The van der Waals surface area contributed by atoms with Crippen molar-refractivity contribution < 1.29 is 4.39 Å². The molecule has 0 amide bonds. The van der Waals surface area contributed by atoms with Crippen LogP contribution in [0.2, 0.25) is 0 Å². The third-order valence-electron chi connectivity index (χ3n) is 4.66. The summed E-state index contributed by atoms with van der Waals surface area (Å²) >= 11 is 1.70. The first-order valence-electron chi connectivity index (χ1n) is 9.47. The Labute approximate surface area is 164 Å². The molecule has 1 unspecified atom stereocenters. The molecule has 0 aliphatic carbocycles. The molecule has 0 bridgehead atoms. The van der Waals surface area contributed by atoms with Crippen molar-refractivity contribution in [2.45, 2.75) is 45.2 Å². The maximum Gasteiger partial charge on any atom is 0.191 e. The summed E-state index contributed by atoms with van der Waals surface area (Å²) in [4.78, 5) is 11.2. The summed E-state index contributed by atoms with van der Waals surface area (Å²) in [5.41, 5.74) is 1.98. The molecule has 2 heterocycles. The Morgan fingerprint density at radius 3 is 3.00 bits per heavy atom. The summed E-state index contributed by atoms with van der Waals surface area (Å²) in [6.45, 7) is 6.75. The van der Waals surface area contributed by atoms with E-state index in [0.29, 0.717) is 12.5 Å². The van der Waals surface area contributed by atoms with Crippen LogP contribution in [0.4, 0.5) is 10.1 Å². The number of nitrogens with one attached hydrogen (secondary N) is 2. The van der Waals surface area contributed by atoms with E-state index < -0.39 is 0 Å². The highest BCUT2D eigenvalue weighted by Gasteiger charge is 2.21. The third kappa shape index (κ3) is 5.42. The lowest BCUT2D eigenvalue weighted by atomic mass is 10.0. The van der Waals surface area contributed by atoms with Crippen molar-refractivity contribution in [2.75, 3.05) is 25.0 Å². The van der Waals surface area contributed by atoms with Crippen LogP contribution in [0.1, 0.15) is 43.3 Å². The SMILES string of the molecule is CN=C(NCc1csc(C(C)C)n1)NC1CCCN(c2cccc(F)c2)C1. The van der Waals surface area contributed by atoms with Gasteiger partial charge in [0, 0.05) is 43.2 Å². The maximum absolute atomic E-state index is 13.5. The topological polar surface area (TPSA) is 52.6 Å². The van der Waals surface area contributed by atoms with Crippen LogP contribution in [0.15, 0.2) is 34.6 Å². The van der Waals surface area contributed by atoms with E-state index in [9.17, 15) is 4.39 Å². The number of nitrogens with zero attached hydrogens (tertiary/aromatic N) is 3. The number of anilines is 1. The molecule has 0 saturated carbocycles. The van der Waals surface area contributed by atoms with Crippen molar-refractivity contribution in [1.29, 1.82) is 0 Å². The van der Waals surface area contributed by atoms with Crippen molar-refractivity contribution in [3.63, 3.8) is 0 Å². The first-order chi connectivity index (χ1) is 13.0. The minimum Gasteiger partial charge on any atom is -0.369 e. The molecule has 27 heavy (non-hydrogen) atoms. The first-order valence-corrected chi connectivity index (χ1v) is 10.3. The maximum atomic E-state index is 13.5. The number of guanidine groups is 1. The lowest BCUT2D eigenvalue weighted by Crippen LogP contribution is -2.51. The molecule has 1 aromatic heterocycles. The molecule has 146 valence electrons. The number of rotatable bonds is 5. The number of benzene rings is 1. The molecular weight excluding hydrogens is 361 g/mol. The molecule has 1 aromatic carbocycles. The normalized spacial score (nSPS) is 18.0. The Kier molecular flexibility index (Phi) is 6.66. The Bertz CT molecular complexity index is 773. The van der Waals surface area contributed by atoms with Gasteiger partial charge in [0.2, 0.25) is 0 Å². The average Bonchev–Trinajstić information content (AvgIpc) is 3.15. The van der Waals surface area contributed by atoms with Gasteiger partial charge in [0.15, 0.2) is 5.96 Å². The average molecular weight is 390 g/mol. The molecule has 1 atom stereocenters. The van der Waals surface area contributed by atoms with Gasteiger partial charge in [-0.15, -0.1) is 11.3 Å². The molecule has 7 heteroatoms. The van der Waals surface area contributed by atoms with Crippen molar-refractivity contribution >= 4 is 23.0 Å². The van der Waals surface area contributed by atoms with Crippen molar-refractivity contribution in [3.8, 4) is 0 Å². The van der Waals surface area contributed by atoms with Gasteiger partial charge in [-0.25, -0.2) is 9.37 Å². The van der Waals surface area contributed by atoms with Gasteiger partial charge in [-0.1, -0.05) is 19.9 Å². The van der Waals surface area contributed by atoms with E-state index in [4.69, 9.17) is 0 Å². The van der Waals surface area contributed by atoms with E-state index in [0.717, 1.165) is 48.3 Å². The zero-order valence-electron chi connectivity index (χ0n) is 16.2.